The van der Waals surface area contributed by atoms with Crippen molar-refractivity contribution < 1.29 is 32.9 Å². The number of allylic oxidation sites excluding steroid dienone is 13. The van der Waals surface area contributed by atoms with E-state index in [-0.39, 0.29) is 12.5 Å². The number of aliphatic hydroxyl groups is 1. The molecule has 9 heteroatoms. The predicted octanol–water partition coefficient (Wildman–Crippen LogP) is 13.1. The first kappa shape index (κ1) is 57.7. The lowest BCUT2D eigenvalue weighted by atomic mass is 10.0. The number of rotatable bonds is 42. The number of quaternary nitrogens is 1. The Bertz CT molecular complexity index is 1250. The zero-order valence-corrected chi connectivity index (χ0v) is 40.0. The van der Waals surface area contributed by atoms with E-state index in [1.807, 2.05) is 27.2 Å². The smallest absolute Gasteiger partial charge is 0.268 e. The first-order chi connectivity index (χ1) is 29.0. The van der Waals surface area contributed by atoms with Crippen molar-refractivity contribution in [3.63, 3.8) is 0 Å². The van der Waals surface area contributed by atoms with Gasteiger partial charge in [0.1, 0.15) is 13.2 Å². The summed E-state index contributed by atoms with van der Waals surface area (Å²) < 4.78 is 23.2. The number of nitrogens with one attached hydrogen (secondary N) is 1. The summed E-state index contributed by atoms with van der Waals surface area (Å²) in [5.74, 6) is -0.217. The van der Waals surface area contributed by atoms with Crippen molar-refractivity contribution in [3.8, 4) is 0 Å². The van der Waals surface area contributed by atoms with Gasteiger partial charge in [0, 0.05) is 6.42 Å². The van der Waals surface area contributed by atoms with Crippen LogP contribution >= 0.6 is 7.82 Å². The molecule has 0 bridgehead atoms. The minimum absolute atomic E-state index is 0.0109. The highest BCUT2D eigenvalue weighted by atomic mass is 31.2. The summed E-state index contributed by atoms with van der Waals surface area (Å²) in [6.07, 6.45) is 57.9. The molecule has 0 aromatic rings. The second-order valence-electron chi connectivity index (χ2n) is 17.1. The average Bonchev–Trinajstić information content (AvgIpc) is 3.20. The van der Waals surface area contributed by atoms with Crippen molar-refractivity contribution in [2.75, 3.05) is 40.9 Å². The predicted molar refractivity (Wildman–Crippen MR) is 256 cm³/mol. The Morgan fingerprint density at radius 3 is 1.55 bits per heavy atom. The molecule has 3 atom stereocenters. The SMILES string of the molecule is CC/C=C\C/C=C\C/C=C\C/C=C\C/C=C\CCCCCCCCCCCCCC(=O)NC(COP(=O)([O-])OCC[N+](C)(C)C)C(O)/C=C/CC/C=C/CCCCCCC. The van der Waals surface area contributed by atoms with E-state index in [0.29, 0.717) is 17.4 Å². The van der Waals surface area contributed by atoms with Crippen LogP contribution in [-0.2, 0) is 18.4 Å². The lowest BCUT2D eigenvalue weighted by molar-refractivity contribution is -0.870. The molecule has 0 saturated heterocycles. The molecule has 0 saturated carbocycles. The molecule has 0 aromatic heterocycles. The van der Waals surface area contributed by atoms with Crippen LogP contribution in [0.4, 0.5) is 0 Å². The van der Waals surface area contributed by atoms with Crippen LogP contribution in [0.1, 0.15) is 181 Å². The molecule has 0 radical (unpaired) electrons. The fraction of sp³-hybridized carbons (Fsp3) is 0.706. The number of likely N-dealkylation sites (N-methyl/N-ethyl adjacent to an activating group) is 1. The lowest BCUT2D eigenvalue weighted by Crippen LogP contribution is -2.45. The van der Waals surface area contributed by atoms with E-state index in [2.05, 4.69) is 92.1 Å². The van der Waals surface area contributed by atoms with Gasteiger partial charge in [-0.3, -0.25) is 9.36 Å². The maximum absolute atomic E-state index is 12.9. The van der Waals surface area contributed by atoms with Crippen LogP contribution in [0.2, 0.25) is 0 Å². The van der Waals surface area contributed by atoms with Crippen LogP contribution in [0.25, 0.3) is 0 Å². The number of hydrogen-bond donors (Lipinski definition) is 2. The Morgan fingerprint density at radius 1 is 0.600 bits per heavy atom. The highest BCUT2D eigenvalue weighted by Gasteiger charge is 2.23. The standard InChI is InChI=1S/C51H91N2O6P/c1-6-8-10-12-14-16-18-19-20-21-22-23-24-25-26-27-28-29-30-31-32-33-35-37-39-41-43-45-51(55)52-49(48-59-60(56,57)58-47-46-53(3,4)5)50(54)44-42-40-38-36-34-17-15-13-11-9-7-2/h8,10,14,16,19-20,22-23,25-26,34,36,42,44,49-50,54H,6-7,9,11-13,15,17-18,21,24,27-33,35,37-41,43,45-48H2,1-5H3,(H-,52,55,56,57)/b10-8-,16-14-,20-19-,23-22-,26-25-,36-34+,44-42+. The highest BCUT2D eigenvalue weighted by Crippen LogP contribution is 2.38. The third-order valence-corrected chi connectivity index (χ3v) is 11.1. The monoisotopic (exact) mass is 859 g/mol. The lowest BCUT2D eigenvalue weighted by Gasteiger charge is -2.29. The highest BCUT2D eigenvalue weighted by molar-refractivity contribution is 7.45. The van der Waals surface area contributed by atoms with E-state index < -0.39 is 26.6 Å². The van der Waals surface area contributed by atoms with Gasteiger partial charge in [-0.05, 0) is 77.0 Å². The molecule has 60 heavy (non-hydrogen) atoms. The number of hydrogen-bond acceptors (Lipinski definition) is 6. The minimum Gasteiger partial charge on any atom is -0.756 e. The fourth-order valence-electron chi connectivity index (χ4n) is 6.31. The molecule has 0 aliphatic rings. The van der Waals surface area contributed by atoms with Gasteiger partial charge in [-0.2, -0.15) is 0 Å². The third kappa shape index (κ3) is 43.8. The molecule has 0 heterocycles. The molecule has 8 nitrogen and oxygen atoms in total. The van der Waals surface area contributed by atoms with Crippen LogP contribution in [0.3, 0.4) is 0 Å². The largest absolute Gasteiger partial charge is 0.756 e. The van der Waals surface area contributed by atoms with E-state index in [4.69, 9.17) is 9.05 Å². The van der Waals surface area contributed by atoms with Crippen molar-refractivity contribution in [1.29, 1.82) is 0 Å². The molecule has 1 amide bonds. The number of phosphoric acid groups is 1. The third-order valence-electron chi connectivity index (χ3n) is 10.1. The van der Waals surface area contributed by atoms with E-state index in [1.54, 1.807) is 6.08 Å². The minimum atomic E-state index is -4.60. The van der Waals surface area contributed by atoms with Gasteiger partial charge >= 0.3 is 0 Å². The number of nitrogens with zero attached hydrogens (tertiary/aromatic N) is 1. The molecular weight excluding hydrogens is 768 g/mol. The second-order valence-corrected chi connectivity index (χ2v) is 18.5. The van der Waals surface area contributed by atoms with Crippen molar-refractivity contribution in [3.05, 3.63) is 85.1 Å². The zero-order chi connectivity index (χ0) is 44.3. The first-order valence-electron chi connectivity index (χ1n) is 23.9. The van der Waals surface area contributed by atoms with E-state index in [9.17, 15) is 19.4 Å². The molecule has 0 fully saturated rings. The van der Waals surface area contributed by atoms with Crippen molar-refractivity contribution >= 4 is 13.7 Å². The molecule has 0 rings (SSSR count). The molecule has 346 valence electrons. The number of unbranched alkanes of at least 4 members (excludes halogenated alkanes) is 17. The van der Waals surface area contributed by atoms with Crippen LogP contribution in [0, 0.1) is 0 Å². The summed E-state index contributed by atoms with van der Waals surface area (Å²) in [5.41, 5.74) is 0. The number of amides is 1. The number of carbonyl (C=O) groups excluding carboxylic acids is 1. The topological polar surface area (TPSA) is 108 Å². The van der Waals surface area contributed by atoms with Crippen molar-refractivity contribution in [2.45, 2.75) is 193 Å². The summed E-state index contributed by atoms with van der Waals surface area (Å²) in [6.45, 7) is 4.46. The van der Waals surface area contributed by atoms with Crippen LogP contribution in [-0.4, -0.2) is 68.5 Å². The summed E-state index contributed by atoms with van der Waals surface area (Å²) in [5, 5.41) is 13.7. The Hall–Kier alpha value is -2.32. The van der Waals surface area contributed by atoms with Gasteiger partial charge in [-0.1, -0.05) is 182 Å². The first-order valence-corrected chi connectivity index (χ1v) is 25.4. The van der Waals surface area contributed by atoms with Gasteiger partial charge in [-0.15, -0.1) is 0 Å². The van der Waals surface area contributed by atoms with Crippen LogP contribution in [0.15, 0.2) is 85.1 Å². The van der Waals surface area contributed by atoms with Gasteiger partial charge in [0.25, 0.3) is 7.82 Å². The number of carbonyl (C=O) groups is 1. The normalized spacial score (nSPS) is 15.0. The number of aliphatic hydroxyl groups excluding tert-OH is 1. The van der Waals surface area contributed by atoms with E-state index in [0.717, 1.165) is 70.6 Å². The van der Waals surface area contributed by atoms with Crippen LogP contribution in [0.5, 0.6) is 0 Å². The quantitative estimate of drug-likeness (QED) is 0.0274. The van der Waals surface area contributed by atoms with Gasteiger partial charge in [-0.25, -0.2) is 0 Å². The van der Waals surface area contributed by atoms with Crippen molar-refractivity contribution in [1.82, 2.24) is 5.32 Å². The molecule has 3 unspecified atom stereocenters. The maximum Gasteiger partial charge on any atom is 0.268 e. The van der Waals surface area contributed by atoms with Gasteiger partial charge < -0.3 is 28.8 Å². The summed E-state index contributed by atoms with van der Waals surface area (Å²) in [7, 11) is 1.23. The Kier molecular flexibility index (Phi) is 40.4. The molecular formula is C51H91N2O6P. The number of phosphoric ester groups is 1. The zero-order valence-electron chi connectivity index (χ0n) is 39.1. The molecule has 0 spiro atoms. The Morgan fingerprint density at radius 2 is 1.03 bits per heavy atom. The van der Waals surface area contributed by atoms with E-state index in [1.165, 1.54) is 89.9 Å². The summed E-state index contributed by atoms with van der Waals surface area (Å²) in [6, 6.07) is -0.908. The fourth-order valence-corrected chi connectivity index (χ4v) is 7.03. The Balaban J connectivity index is 4.24. The van der Waals surface area contributed by atoms with Crippen molar-refractivity contribution in [2.24, 2.45) is 0 Å². The molecule has 0 aliphatic carbocycles. The van der Waals surface area contributed by atoms with Gasteiger partial charge in [0.2, 0.25) is 5.91 Å². The van der Waals surface area contributed by atoms with Gasteiger partial charge in [0.15, 0.2) is 0 Å². The summed E-state index contributed by atoms with van der Waals surface area (Å²) >= 11 is 0. The van der Waals surface area contributed by atoms with Crippen LogP contribution < -0.4 is 10.2 Å². The maximum atomic E-state index is 12.9. The second kappa shape index (κ2) is 42.0. The molecule has 0 aliphatic heterocycles. The average molecular weight is 859 g/mol. The Labute approximate surface area is 369 Å². The van der Waals surface area contributed by atoms with E-state index >= 15 is 0 Å². The molecule has 0 aromatic carbocycles. The van der Waals surface area contributed by atoms with Gasteiger partial charge in [0.05, 0.1) is 39.9 Å². The molecule has 2 N–H and O–H groups in total. The summed E-state index contributed by atoms with van der Waals surface area (Å²) in [4.78, 5) is 25.3.